The molecular weight excluding hydrogens is 372 g/mol. The van der Waals surface area contributed by atoms with Crippen molar-refractivity contribution in [2.75, 3.05) is 11.1 Å². The van der Waals surface area contributed by atoms with Crippen LogP contribution in [0.3, 0.4) is 0 Å². The van der Waals surface area contributed by atoms with Crippen LogP contribution in [0.15, 0.2) is 22.8 Å². The lowest BCUT2D eigenvalue weighted by molar-refractivity contribution is 1.25. The van der Waals surface area contributed by atoms with Gasteiger partial charge in [0, 0.05) is 0 Å². The third kappa shape index (κ3) is 3.08. The Bertz CT molecular complexity index is 647. The maximum atomic E-state index is 6.10. The van der Waals surface area contributed by atoms with E-state index in [2.05, 4.69) is 26.2 Å². The van der Waals surface area contributed by atoms with Crippen LogP contribution in [-0.2, 0) is 0 Å². The Morgan fingerprint density at radius 2 is 1.79 bits per heavy atom. The molecule has 19 heavy (non-hydrogen) atoms. The minimum atomic E-state index is 0.401. The van der Waals surface area contributed by atoms with Gasteiger partial charge in [0.1, 0.15) is 5.82 Å². The first-order chi connectivity index (χ1) is 8.90. The van der Waals surface area contributed by atoms with E-state index in [0.29, 0.717) is 32.3 Å². The first-order valence-corrected chi connectivity index (χ1v) is 7.15. The molecule has 1 aromatic heterocycles. The van der Waals surface area contributed by atoms with Crippen molar-refractivity contribution in [3.63, 3.8) is 0 Å². The Morgan fingerprint density at radius 1 is 1.16 bits per heavy atom. The van der Waals surface area contributed by atoms with Gasteiger partial charge in [-0.05, 0) is 40.5 Å². The number of nitrogens with one attached hydrogen (secondary N) is 1. The van der Waals surface area contributed by atoms with Gasteiger partial charge in [0.15, 0.2) is 0 Å². The van der Waals surface area contributed by atoms with Crippen molar-refractivity contribution >= 4 is 67.9 Å². The molecule has 0 unspecified atom stereocenters. The van der Waals surface area contributed by atoms with Crippen LogP contribution in [0.1, 0.15) is 5.56 Å². The van der Waals surface area contributed by atoms with Gasteiger partial charge in [-0.25, -0.2) is 4.98 Å². The minimum Gasteiger partial charge on any atom is -0.397 e. The van der Waals surface area contributed by atoms with Crippen LogP contribution in [0.4, 0.5) is 17.2 Å². The summed E-state index contributed by atoms with van der Waals surface area (Å²) in [5.41, 5.74) is 7.90. The molecule has 100 valence electrons. The van der Waals surface area contributed by atoms with Crippen LogP contribution in [-0.4, -0.2) is 4.98 Å². The maximum absolute atomic E-state index is 6.10. The van der Waals surface area contributed by atoms with Crippen LogP contribution >= 0.6 is 50.7 Å². The summed E-state index contributed by atoms with van der Waals surface area (Å²) in [5.74, 6) is 0.604. The van der Waals surface area contributed by atoms with Gasteiger partial charge in [0.2, 0.25) is 0 Å². The Labute approximate surface area is 134 Å². The molecule has 0 radical (unpaired) electrons. The number of pyridine rings is 1. The lowest BCUT2D eigenvalue weighted by atomic mass is 10.2. The summed E-state index contributed by atoms with van der Waals surface area (Å²) >= 11 is 21.4. The quantitative estimate of drug-likeness (QED) is 0.681. The van der Waals surface area contributed by atoms with Gasteiger partial charge in [0.25, 0.3) is 0 Å². The van der Waals surface area contributed by atoms with E-state index in [0.717, 1.165) is 10.0 Å². The van der Waals surface area contributed by atoms with E-state index in [1.807, 2.05) is 6.92 Å². The number of aromatic nitrogens is 1. The molecule has 0 spiro atoms. The molecule has 0 saturated heterocycles. The van der Waals surface area contributed by atoms with E-state index in [4.69, 9.17) is 40.5 Å². The summed E-state index contributed by atoms with van der Waals surface area (Å²) < 4.78 is 0.773. The van der Waals surface area contributed by atoms with Crippen molar-refractivity contribution < 1.29 is 0 Å². The van der Waals surface area contributed by atoms with E-state index < -0.39 is 0 Å². The van der Waals surface area contributed by atoms with Gasteiger partial charge in [-0.1, -0.05) is 34.8 Å². The third-order valence-corrected chi connectivity index (χ3v) is 4.57. The number of nitrogens with zero attached hydrogens (tertiary/aromatic N) is 1. The topological polar surface area (TPSA) is 50.9 Å². The molecule has 0 aliphatic rings. The fraction of sp³-hybridized carbons (Fsp3) is 0.0833. The number of anilines is 3. The highest BCUT2D eigenvalue weighted by Gasteiger charge is 2.11. The molecule has 1 heterocycles. The minimum absolute atomic E-state index is 0.401. The predicted octanol–water partition coefficient (Wildman–Crippen LogP) is 5.44. The molecule has 0 amide bonds. The number of nitrogen functional groups attached to an aromatic ring is 1. The lowest BCUT2D eigenvalue weighted by Crippen LogP contribution is -2.00. The summed E-state index contributed by atoms with van der Waals surface area (Å²) in [4.78, 5) is 4.21. The molecule has 2 aromatic rings. The van der Waals surface area contributed by atoms with E-state index in [1.165, 1.54) is 0 Å². The second-order valence-electron chi connectivity index (χ2n) is 3.87. The molecule has 7 heteroatoms. The molecule has 1 aromatic carbocycles. The first-order valence-electron chi connectivity index (χ1n) is 5.22. The number of halogens is 4. The highest BCUT2D eigenvalue weighted by Crippen LogP contribution is 2.36. The van der Waals surface area contributed by atoms with Crippen molar-refractivity contribution in [3.05, 3.63) is 43.4 Å². The second-order valence-corrected chi connectivity index (χ2v) is 5.89. The fourth-order valence-corrected chi connectivity index (χ4v) is 2.45. The van der Waals surface area contributed by atoms with Gasteiger partial charge in [0.05, 0.1) is 37.1 Å². The van der Waals surface area contributed by atoms with Crippen LogP contribution in [0.5, 0.6) is 0 Å². The van der Waals surface area contributed by atoms with Gasteiger partial charge in [-0.15, -0.1) is 0 Å². The zero-order valence-corrected chi connectivity index (χ0v) is 13.6. The smallest absolute Gasteiger partial charge is 0.145 e. The molecule has 0 saturated carbocycles. The van der Waals surface area contributed by atoms with Crippen molar-refractivity contribution in [2.45, 2.75) is 6.92 Å². The molecule has 0 aliphatic carbocycles. The molecule has 3 N–H and O–H groups in total. The standard InChI is InChI=1S/C12H9BrCl3N3/c1-5-9(17)4-18-12(11(5)13)19-10-3-7(15)6(14)2-8(10)16/h2-4H,17H2,1H3,(H,18,19). The average Bonchev–Trinajstić information content (AvgIpc) is 2.36. The van der Waals surface area contributed by atoms with E-state index >= 15 is 0 Å². The molecule has 0 aliphatic heterocycles. The Kier molecular flexibility index (Phi) is 4.46. The number of benzene rings is 1. The van der Waals surface area contributed by atoms with Gasteiger partial charge >= 0.3 is 0 Å². The van der Waals surface area contributed by atoms with Gasteiger partial charge in [-0.2, -0.15) is 0 Å². The highest BCUT2D eigenvalue weighted by molar-refractivity contribution is 9.10. The Balaban J connectivity index is 2.42. The monoisotopic (exact) mass is 379 g/mol. The van der Waals surface area contributed by atoms with Crippen molar-refractivity contribution in [2.24, 2.45) is 0 Å². The summed E-state index contributed by atoms with van der Waals surface area (Å²) in [6.45, 7) is 1.89. The molecule has 0 atom stereocenters. The third-order valence-electron chi connectivity index (χ3n) is 2.57. The van der Waals surface area contributed by atoms with E-state index in [-0.39, 0.29) is 0 Å². The van der Waals surface area contributed by atoms with Crippen LogP contribution in [0, 0.1) is 6.92 Å². The molecular formula is C12H9BrCl3N3. The number of rotatable bonds is 2. The van der Waals surface area contributed by atoms with Gasteiger partial charge in [-0.3, -0.25) is 0 Å². The van der Waals surface area contributed by atoms with E-state index in [1.54, 1.807) is 18.3 Å². The number of hydrogen-bond donors (Lipinski definition) is 2. The predicted molar refractivity (Wildman–Crippen MR) is 85.8 cm³/mol. The highest BCUT2D eigenvalue weighted by atomic mass is 79.9. The summed E-state index contributed by atoms with van der Waals surface area (Å²) in [5, 5.41) is 4.36. The first kappa shape index (κ1) is 14.7. The molecule has 0 fully saturated rings. The van der Waals surface area contributed by atoms with Gasteiger partial charge < -0.3 is 11.1 Å². The Hall–Kier alpha value is -0.680. The molecule has 0 bridgehead atoms. The second kappa shape index (κ2) is 5.75. The normalized spacial score (nSPS) is 10.6. The maximum Gasteiger partial charge on any atom is 0.145 e. The summed E-state index contributed by atoms with van der Waals surface area (Å²) in [7, 11) is 0. The molecule has 3 nitrogen and oxygen atoms in total. The van der Waals surface area contributed by atoms with Crippen molar-refractivity contribution in [1.82, 2.24) is 4.98 Å². The molecule has 2 rings (SSSR count). The SMILES string of the molecule is Cc1c(N)cnc(Nc2cc(Cl)c(Cl)cc2Cl)c1Br. The fourth-order valence-electron chi connectivity index (χ4n) is 1.42. The van der Waals surface area contributed by atoms with Crippen LogP contribution in [0.2, 0.25) is 15.1 Å². The number of hydrogen-bond acceptors (Lipinski definition) is 3. The summed E-state index contributed by atoms with van der Waals surface area (Å²) in [6.07, 6.45) is 1.58. The van der Waals surface area contributed by atoms with E-state index in [9.17, 15) is 0 Å². The largest absolute Gasteiger partial charge is 0.397 e. The van der Waals surface area contributed by atoms with Crippen LogP contribution < -0.4 is 11.1 Å². The number of nitrogens with two attached hydrogens (primary N) is 1. The Morgan fingerprint density at radius 3 is 2.47 bits per heavy atom. The van der Waals surface area contributed by atoms with Crippen LogP contribution in [0.25, 0.3) is 0 Å². The average molecular weight is 381 g/mol. The lowest BCUT2D eigenvalue weighted by Gasteiger charge is -2.12. The summed E-state index contributed by atoms with van der Waals surface area (Å²) in [6, 6.07) is 3.22. The zero-order chi connectivity index (χ0) is 14.2. The van der Waals surface area contributed by atoms with Crippen molar-refractivity contribution in [1.29, 1.82) is 0 Å². The van der Waals surface area contributed by atoms with Crippen molar-refractivity contribution in [3.8, 4) is 0 Å². The zero-order valence-electron chi connectivity index (χ0n) is 9.77.